The second-order valence-corrected chi connectivity index (χ2v) is 4.06. The quantitative estimate of drug-likeness (QED) is 0.815. The van der Waals surface area contributed by atoms with Gasteiger partial charge in [0, 0.05) is 0 Å². The molecule has 1 atom stereocenters. The Morgan fingerprint density at radius 1 is 0.950 bits per heavy atom. The Bertz CT molecular complexity index is 583. The molecular formula is C15H13NO4. The van der Waals surface area contributed by atoms with Crippen molar-refractivity contribution in [2.24, 2.45) is 0 Å². The zero-order valence-electron chi connectivity index (χ0n) is 10.5. The Labute approximate surface area is 115 Å². The van der Waals surface area contributed by atoms with Crippen LogP contribution >= 0.6 is 0 Å². The van der Waals surface area contributed by atoms with Crippen LogP contribution in [0.5, 0.6) is 0 Å². The molecule has 0 aliphatic heterocycles. The van der Waals surface area contributed by atoms with Gasteiger partial charge in [-0.2, -0.15) is 0 Å². The summed E-state index contributed by atoms with van der Waals surface area (Å²) >= 11 is 0. The number of carbonyl (C=O) groups is 2. The van der Waals surface area contributed by atoms with Gasteiger partial charge in [0.2, 0.25) is 0 Å². The van der Waals surface area contributed by atoms with Crippen LogP contribution in [0, 0.1) is 0 Å². The first-order valence-corrected chi connectivity index (χ1v) is 5.98. The molecule has 0 aliphatic rings. The second-order valence-electron chi connectivity index (χ2n) is 4.06. The molecule has 5 heteroatoms. The van der Waals surface area contributed by atoms with Crippen molar-refractivity contribution in [1.29, 1.82) is 0 Å². The second kappa shape index (κ2) is 6.49. The standard InChI is InChI=1S/C15H13NO4/c17-14(18)13(11-7-3-1-4-8-11)16-20-15(19)12-9-5-2-6-10-12/h1-10,13,16H,(H,17,18). The van der Waals surface area contributed by atoms with Crippen LogP contribution < -0.4 is 5.48 Å². The van der Waals surface area contributed by atoms with Crippen molar-refractivity contribution >= 4 is 11.9 Å². The third-order valence-electron chi connectivity index (χ3n) is 2.66. The predicted molar refractivity (Wildman–Crippen MR) is 71.8 cm³/mol. The Kier molecular flexibility index (Phi) is 4.47. The van der Waals surface area contributed by atoms with E-state index in [9.17, 15) is 9.59 Å². The van der Waals surface area contributed by atoms with Gasteiger partial charge in [0.1, 0.15) is 0 Å². The van der Waals surface area contributed by atoms with E-state index in [2.05, 4.69) is 5.48 Å². The van der Waals surface area contributed by atoms with E-state index in [1.165, 1.54) is 0 Å². The summed E-state index contributed by atoms with van der Waals surface area (Å²) in [6.45, 7) is 0. The van der Waals surface area contributed by atoms with Gasteiger partial charge in [-0.05, 0) is 17.7 Å². The topological polar surface area (TPSA) is 75.6 Å². The minimum atomic E-state index is -1.13. The molecule has 1 unspecified atom stereocenters. The van der Waals surface area contributed by atoms with Crippen molar-refractivity contribution in [2.45, 2.75) is 6.04 Å². The molecule has 20 heavy (non-hydrogen) atoms. The maximum absolute atomic E-state index is 11.7. The molecule has 0 radical (unpaired) electrons. The van der Waals surface area contributed by atoms with Crippen LogP contribution in [-0.4, -0.2) is 17.0 Å². The molecule has 2 N–H and O–H groups in total. The maximum atomic E-state index is 11.7. The van der Waals surface area contributed by atoms with Gasteiger partial charge in [0.15, 0.2) is 6.04 Å². The zero-order chi connectivity index (χ0) is 14.4. The molecule has 2 aromatic rings. The summed E-state index contributed by atoms with van der Waals surface area (Å²) in [5, 5.41) is 9.16. The van der Waals surface area contributed by atoms with Crippen LogP contribution in [0.15, 0.2) is 60.7 Å². The van der Waals surface area contributed by atoms with Crippen molar-refractivity contribution < 1.29 is 19.5 Å². The van der Waals surface area contributed by atoms with E-state index >= 15 is 0 Å². The van der Waals surface area contributed by atoms with E-state index in [1.807, 2.05) is 0 Å². The molecule has 102 valence electrons. The fraction of sp³-hybridized carbons (Fsp3) is 0.0667. The van der Waals surface area contributed by atoms with Gasteiger partial charge >= 0.3 is 11.9 Å². The summed E-state index contributed by atoms with van der Waals surface area (Å²) in [6.07, 6.45) is 0. The summed E-state index contributed by atoms with van der Waals surface area (Å²) in [7, 11) is 0. The highest BCUT2D eigenvalue weighted by atomic mass is 16.7. The van der Waals surface area contributed by atoms with E-state index in [1.54, 1.807) is 60.7 Å². The first-order valence-electron chi connectivity index (χ1n) is 5.98. The van der Waals surface area contributed by atoms with E-state index in [4.69, 9.17) is 9.94 Å². The lowest BCUT2D eigenvalue weighted by atomic mass is 10.1. The van der Waals surface area contributed by atoms with Crippen LogP contribution in [0.25, 0.3) is 0 Å². The molecular weight excluding hydrogens is 258 g/mol. The largest absolute Gasteiger partial charge is 0.480 e. The number of benzene rings is 2. The minimum Gasteiger partial charge on any atom is -0.480 e. The maximum Gasteiger partial charge on any atom is 0.356 e. The third kappa shape index (κ3) is 3.43. The van der Waals surface area contributed by atoms with Gasteiger partial charge in [0.05, 0.1) is 5.56 Å². The molecule has 0 bridgehead atoms. The highest BCUT2D eigenvalue weighted by Crippen LogP contribution is 2.13. The highest BCUT2D eigenvalue weighted by molar-refractivity contribution is 5.89. The summed E-state index contributed by atoms with van der Waals surface area (Å²) in [5.74, 6) is -1.76. The monoisotopic (exact) mass is 271 g/mol. The molecule has 5 nitrogen and oxygen atoms in total. The van der Waals surface area contributed by atoms with Gasteiger partial charge in [0.25, 0.3) is 0 Å². The van der Waals surface area contributed by atoms with Crippen molar-refractivity contribution in [2.75, 3.05) is 0 Å². The van der Waals surface area contributed by atoms with Crippen molar-refractivity contribution in [1.82, 2.24) is 5.48 Å². The van der Waals surface area contributed by atoms with Crippen LogP contribution in [0.4, 0.5) is 0 Å². The number of carboxylic acid groups (broad SMARTS) is 1. The van der Waals surface area contributed by atoms with Crippen LogP contribution in [0.3, 0.4) is 0 Å². The molecule has 0 heterocycles. The highest BCUT2D eigenvalue weighted by Gasteiger charge is 2.21. The molecule has 0 spiro atoms. The fourth-order valence-electron chi connectivity index (χ4n) is 1.65. The molecule has 2 rings (SSSR count). The van der Waals surface area contributed by atoms with E-state index in [-0.39, 0.29) is 0 Å². The minimum absolute atomic E-state index is 0.345. The summed E-state index contributed by atoms with van der Waals surface area (Å²) < 4.78 is 0. The van der Waals surface area contributed by atoms with Gasteiger partial charge in [-0.3, -0.25) is 4.79 Å². The number of carboxylic acids is 1. The molecule has 2 aromatic carbocycles. The van der Waals surface area contributed by atoms with Gasteiger partial charge in [-0.25, -0.2) is 4.79 Å². The fourth-order valence-corrected chi connectivity index (χ4v) is 1.65. The van der Waals surface area contributed by atoms with Crippen LogP contribution in [-0.2, 0) is 9.63 Å². The Balaban J connectivity index is 2.04. The Hall–Kier alpha value is -2.66. The van der Waals surface area contributed by atoms with Gasteiger partial charge < -0.3 is 9.94 Å². The lowest BCUT2D eigenvalue weighted by Gasteiger charge is -2.14. The zero-order valence-corrected chi connectivity index (χ0v) is 10.5. The Morgan fingerprint density at radius 2 is 1.50 bits per heavy atom. The molecule has 0 aromatic heterocycles. The number of hydroxylamine groups is 1. The molecule has 0 aliphatic carbocycles. The van der Waals surface area contributed by atoms with E-state index in [0.29, 0.717) is 11.1 Å². The van der Waals surface area contributed by atoms with Crippen LogP contribution in [0.2, 0.25) is 0 Å². The first kappa shape index (κ1) is 13.8. The molecule has 0 amide bonds. The van der Waals surface area contributed by atoms with Crippen molar-refractivity contribution in [3.63, 3.8) is 0 Å². The first-order chi connectivity index (χ1) is 9.68. The van der Waals surface area contributed by atoms with E-state index < -0.39 is 18.0 Å². The number of aliphatic carboxylic acids is 1. The Morgan fingerprint density at radius 3 is 2.05 bits per heavy atom. The number of hydrogen-bond acceptors (Lipinski definition) is 4. The van der Waals surface area contributed by atoms with E-state index in [0.717, 1.165) is 0 Å². The summed E-state index contributed by atoms with van der Waals surface area (Å²) in [6, 6.07) is 15.7. The lowest BCUT2D eigenvalue weighted by Crippen LogP contribution is -2.30. The lowest BCUT2D eigenvalue weighted by molar-refractivity contribution is -0.142. The van der Waals surface area contributed by atoms with Crippen molar-refractivity contribution in [3.05, 3.63) is 71.8 Å². The smallest absolute Gasteiger partial charge is 0.356 e. The third-order valence-corrected chi connectivity index (χ3v) is 2.66. The average molecular weight is 271 g/mol. The summed E-state index contributed by atoms with van der Waals surface area (Å²) in [4.78, 5) is 27.8. The normalized spacial score (nSPS) is 11.6. The number of rotatable bonds is 5. The van der Waals surface area contributed by atoms with Gasteiger partial charge in [-0.1, -0.05) is 48.5 Å². The number of hydrogen-bond donors (Lipinski definition) is 2. The van der Waals surface area contributed by atoms with Crippen LogP contribution in [0.1, 0.15) is 22.0 Å². The molecule has 0 saturated heterocycles. The SMILES string of the molecule is O=C(ONC(C(=O)O)c1ccccc1)c1ccccc1. The van der Waals surface area contributed by atoms with Crippen molar-refractivity contribution in [3.8, 4) is 0 Å². The molecule has 0 saturated carbocycles. The molecule has 0 fully saturated rings. The van der Waals surface area contributed by atoms with Gasteiger partial charge in [-0.15, -0.1) is 5.48 Å². The summed E-state index contributed by atoms with van der Waals surface area (Å²) in [5.41, 5.74) is 3.13. The number of carbonyl (C=O) groups excluding carboxylic acids is 1. The predicted octanol–water partition coefficient (Wildman–Crippen LogP) is 2.17. The number of nitrogens with one attached hydrogen (secondary N) is 1. The average Bonchev–Trinajstić information content (AvgIpc) is 2.49.